The molecule has 0 atom stereocenters. The van der Waals surface area contributed by atoms with Gasteiger partial charge < -0.3 is 5.73 Å². The molecule has 0 aliphatic carbocycles. The third-order valence-corrected chi connectivity index (χ3v) is 3.27. The quantitative estimate of drug-likeness (QED) is 0.450. The molecule has 120 valence electrons. The van der Waals surface area contributed by atoms with Gasteiger partial charge in [0.25, 0.3) is 11.6 Å². The zero-order valence-corrected chi connectivity index (χ0v) is 12.7. The summed E-state index contributed by atoms with van der Waals surface area (Å²) >= 11 is 11.8. The molecule has 1 heterocycles. The first kappa shape index (κ1) is 16.6. The van der Waals surface area contributed by atoms with E-state index in [0.29, 0.717) is 0 Å². The van der Waals surface area contributed by atoms with Crippen molar-refractivity contribution in [3.63, 3.8) is 0 Å². The highest BCUT2D eigenvalue weighted by Crippen LogP contribution is 2.31. The molecule has 0 spiro atoms. The Labute approximate surface area is 138 Å². The van der Waals surface area contributed by atoms with E-state index in [4.69, 9.17) is 28.9 Å². The summed E-state index contributed by atoms with van der Waals surface area (Å²) in [6.45, 7) is -0.257. The SMILES string of the molecule is Nc1nnnn1CC(=O)NN=Cc1c(Cl)ccc([N+](=O)[O-])c1Cl. The maximum atomic E-state index is 11.6. The normalized spacial score (nSPS) is 10.9. The lowest BCUT2D eigenvalue weighted by atomic mass is 10.2. The lowest BCUT2D eigenvalue weighted by molar-refractivity contribution is -0.384. The van der Waals surface area contributed by atoms with E-state index in [0.717, 1.165) is 10.9 Å². The zero-order valence-electron chi connectivity index (χ0n) is 11.2. The molecule has 0 aliphatic heterocycles. The second kappa shape index (κ2) is 6.98. The predicted octanol–water partition coefficient (Wildman–Crippen LogP) is 0.621. The van der Waals surface area contributed by atoms with Gasteiger partial charge >= 0.3 is 0 Å². The number of nitrogens with one attached hydrogen (secondary N) is 1. The molecule has 1 aromatic heterocycles. The second-order valence-corrected chi connectivity index (χ2v) is 4.82. The summed E-state index contributed by atoms with van der Waals surface area (Å²) in [6, 6.07) is 2.47. The number of rotatable bonds is 5. The van der Waals surface area contributed by atoms with Crippen LogP contribution in [0.5, 0.6) is 0 Å². The first-order chi connectivity index (χ1) is 10.9. The van der Waals surface area contributed by atoms with Crippen LogP contribution in [0.3, 0.4) is 0 Å². The van der Waals surface area contributed by atoms with Crippen molar-refractivity contribution in [2.75, 3.05) is 5.73 Å². The van der Waals surface area contributed by atoms with Gasteiger partial charge in [0.2, 0.25) is 5.95 Å². The lowest BCUT2D eigenvalue weighted by Gasteiger charge is -2.03. The number of nitro benzene ring substituents is 1. The van der Waals surface area contributed by atoms with Crippen molar-refractivity contribution in [1.82, 2.24) is 25.6 Å². The van der Waals surface area contributed by atoms with E-state index in [1.54, 1.807) is 0 Å². The van der Waals surface area contributed by atoms with Gasteiger partial charge in [0.1, 0.15) is 11.6 Å². The molecule has 0 saturated heterocycles. The fourth-order valence-electron chi connectivity index (χ4n) is 1.48. The molecule has 0 bridgehead atoms. The molecular formula is C10H8Cl2N8O3. The van der Waals surface area contributed by atoms with E-state index in [9.17, 15) is 14.9 Å². The molecule has 2 aromatic rings. The zero-order chi connectivity index (χ0) is 17.0. The number of tetrazole rings is 1. The van der Waals surface area contributed by atoms with Crippen LogP contribution in [0.4, 0.5) is 11.6 Å². The summed E-state index contributed by atoms with van der Waals surface area (Å²) in [7, 11) is 0. The Hall–Kier alpha value is -2.79. The molecule has 13 heteroatoms. The molecule has 2 rings (SSSR count). The fourth-order valence-corrected chi connectivity index (χ4v) is 2.02. The van der Waals surface area contributed by atoms with Crippen LogP contribution < -0.4 is 11.2 Å². The number of halogens is 2. The van der Waals surface area contributed by atoms with Gasteiger partial charge in [0.15, 0.2) is 0 Å². The van der Waals surface area contributed by atoms with Crippen LogP contribution in [0.2, 0.25) is 10.0 Å². The number of hydrogen-bond donors (Lipinski definition) is 2. The van der Waals surface area contributed by atoms with Crippen molar-refractivity contribution in [2.24, 2.45) is 5.10 Å². The third kappa shape index (κ3) is 3.90. The summed E-state index contributed by atoms with van der Waals surface area (Å²) in [6.07, 6.45) is 1.10. The molecule has 3 N–H and O–H groups in total. The third-order valence-electron chi connectivity index (χ3n) is 2.54. The number of aromatic nitrogens is 4. The number of nitrogens with two attached hydrogens (primary N) is 1. The molecule has 0 saturated carbocycles. The Balaban J connectivity index is 2.09. The van der Waals surface area contributed by atoms with Crippen molar-refractivity contribution in [3.8, 4) is 0 Å². The molecule has 1 amide bonds. The monoisotopic (exact) mass is 358 g/mol. The van der Waals surface area contributed by atoms with Crippen molar-refractivity contribution in [3.05, 3.63) is 37.9 Å². The fraction of sp³-hybridized carbons (Fsp3) is 0.100. The van der Waals surface area contributed by atoms with Gasteiger partial charge in [-0.05, 0) is 16.5 Å². The van der Waals surface area contributed by atoms with E-state index in [1.807, 2.05) is 0 Å². The molecule has 23 heavy (non-hydrogen) atoms. The summed E-state index contributed by atoms with van der Waals surface area (Å²) in [5.41, 5.74) is 7.35. The van der Waals surface area contributed by atoms with Crippen molar-refractivity contribution in [1.29, 1.82) is 0 Å². The number of hydrogen-bond acceptors (Lipinski definition) is 8. The minimum Gasteiger partial charge on any atom is -0.367 e. The number of carbonyl (C=O) groups excluding carboxylic acids is 1. The molecular weight excluding hydrogens is 351 g/mol. The number of anilines is 1. The van der Waals surface area contributed by atoms with Crippen molar-refractivity contribution in [2.45, 2.75) is 6.54 Å². The minimum absolute atomic E-state index is 0.0334. The summed E-state index contributed by atoms with van der Waals surface area (Å²) in [5, 5.41) is 24.6. The first-order valence-corrected chi connectivity index (χ1v) is 6.61. The lowest BCUT2D eigenvalue weighted by Crippen LogP contribution is -2.24. The number of nitrogens with zero attached hydrogens (tertiary/aromatic N) is 6. The van der Waals surface area contributed by atoms with Crippen LogP contribution in [0.1, 0.15) is 5.56 Å². The van der Waals surface area contributed by atoms with Crippen LogP contribution >= 0.6 is 23.2 Å². The first-order valence-electron chi connectivity index (χ1n) is 5.86. The molecule has 0 radical (unpaired) electrons. The highest BCUT2D eigenvalue weighted by molar-refractivity contribution is 6.40. The minimum atomic E-state index is -0.658. The smallest absolute Gasteiger partial charge is 0.288 e. The van der Waals surface area contributed by atoms with Gasteiger partial charge in [-0.2, -0.15) is 5.10 Å². The molecule has 11 nitrogen and oxygen atoms in total. The van der Waals surface area contributed by atoms with E-state index in [2.05, 4.69) is 26.1 Å². The highest BCUT2D eigenvalue weighted by Gasteiger charge is 2.17. The number of hydrazone groups is 1. The van der Waals surface area contributed by atoms with Crippen LogP contribution in [0.25, 0.3) is 0 Å². The summed E-state index contributed by atoms with van der Waals surface area (Å²) in [4.78, 5) is 21.8. The van der Waals surface area contributed by atoms with Crippen LogP contribution in [-0.4, -0.2) is 37.3 Å². The Morgan fingerprint density at radius 3 is 2.87 bits per heavy atom. The number of benzene rings is 1. The van der Waals surface area contributed by atoms with Gasteiger partial charge in [0, 0.05) is 11.6 Å². The summed E-state index contributed by atoms with van der Waals surface area (Å²) in [5.74, 6) is -0.605. The van der Waals surface area contributed by atoms with Crippen LogP contribution in [-0.2, 0) is 11.3 Å². The van der Waals surface area contributed by atoms with E-state index >= 15 is 0 Å². The van der Waals surface area contributed by atoms with Gasteiger partial charge in [0.05, 0.1) is 16.2 Å². The van der Waals surface area contributed by atoms with Gasteiger partial charge in [-0.3, -0.25) is 14.9 Å². The standard InChI is InChI=1S/C10H8Cl2N8O3/c11-6-1-2-7(20(22)23)9(12)5(6)3-14-15-8(21)4-19-10(13)16-17-18-19/h1-3H,4H2,(H,15,21)(H2,13,16,18). The largest absolute Gasteiger partial charge is 0.367 e. The van der Waals surface area contributed by atoms with Crippen LogP contribution in [0.15, 0.2) is 17.2 Å². The number of nitrogen functional groups attached to an aromatic ring is 1. The molecule has 0 aliphatic rings. The maximum absolute atomic E-state index is 11.6. The van der Waals surface area contributed by atoms with E-state index in [1.165, 1.54) is 12.1 Å². The maximum Gasteiger partial charge on any atom is 0.288 e. The molecule has 1 aromatic carbocycles. The van der Waals surface area contributed by atoms with Gasteiger partial charge in [-0.15, -0.1) is 0 Å². The highest BCUT2D eigenvalue weighted by atomic mass is 35.5. The summed E-state index contributed by atoms with van der Waals surface area (Å²) < 4.78 is 1.05. The Kier molecular flexibility index (Phi) is 5.03. The average molecular weight is 359 g/mol. The molecule has 0 unspecified atom stereocenters. The van der Waals surface area contributed by atoms with Crippen LogP contribution in [0, 0.1) is 10.1 Å². The number of carbonyl (C=O) groups is 1. The van der Waals surface area contributed by atoms with E-state index in [-0.39, 0.29) is 33.8 Å². The number of nitro groups is 1. The van der Waals surface area contributed by atoms with Crippen molar-refractivity contribution < 1.29 is 9.72 Å². The topological polar surface area (TPSA) is 154 Å². The predicted molar refractivity (Wildman–Crippen MR) is 81.1 cm³/mol. The Bertz CT molecular complexity index is 790. The Morgan fingerprint density at radius 2 is 2.26 bits per heavy atom. The van der Waals surface area contributed by atoms with Crippen molar-refractivity contribution >= 4 is 47.0 Å². The second-order valence-electron chi connectivity index (χ2n) is 4.04. The molecule has 0 fully saturated rings. The average Bonchev–Trinajstić information content (AvgIpc) is 2.87. The van der Waals surface area contributed by atoms with Gasteiger partial charge in [-0.25, -0.2) is 10.1 Å². The van der Waals surface area contributed by atoms with E-state index < -0.39 is 10.8 Å². The Morgan fingerprint density at radius 1 is 1.52 bits per heavy atom. The number of amides is 1. The van der Waals surface area contributed by atoms with Gasteiger partial charge in [-0.1, -0.05) is 28.3 Å².